The maximum atomic E-state index is 9.52. The standard InChI is InChI=1S/C8H8NO/c10-8(4-5-8)7-3-1-2-6-9-7/h2-3,6,10H,4-5H2. The van der Waals surface area contributed by atoms with Crippen molar-refractivity contribution in [3.63, 3.8) is 0 Å². The summed E-state index contributed by atoms with van der Waals surface area (Å²) in [5.74, 6) is 0. The molecule has 1 heterocycles. The number of aliphatic hydroxyl groups is 1. The predicted molar refractivity (Wildman–Crippen MR) is 36.2 cm³/mol. The molecule has 1 fully saturated rings. The van der Waals surface area contributed by atoms with Crippen LogP contribution in [0.4, 0.5) is 0 Å². The number of pyridine rings is 1. The molecule has 0 atom stereocenters. The van der Waals surface area contributed by atoms with Crippen LogP contribution in [0.5, 0.6) is 0 Å². The number of hydrogen-bond acceptors (Lipinski definition) is 2. The summed E-state index contributed by atoms with van der Waals surface area (Å²) in [5.41, 5.74) is 0.160. The Hall–Kier alpha value is -0.890. The highest BCUT2D eigenvalue weighted by molar-refractivity contribution is 5.18. The molecule has 0 unspecified atom stereocenters. The van der Waals surface area contributed by atoms with E-state index in [0.717, 1.165) is 18.5 Å². The largest absolute Gasteiger partial charge is 0.384 e. The Kier molecular flexibility index (Phi) is 1.05. The van der Waals surface area contributed by atoms with Crippen molar-refractivity contribution in [2.75, 3.05) is 0 Å². The van der Waals surface area contributed by atoms with Crippen LogP contribution in [0.1, 0.15) is 18.5 Å². The molecule has 0 bridgehead atoms. The Morgan fingerprint density at radius 3 is 2.90 bits per heavy atom. The van der Waals surface area contributed by atoms with Gasteiger partial charge in [-0.15, -0.1) is 0 Å². The van der Waals surface area contributed by atoms with Crippen molar-refractivity contribution in [2.45, 2.75) is 18.4 Å². The Balaban J connectivity index is 2.35. The zero-order chi connectivity index (χ0) is 7.03. The van der Waals surface area contributed by atoms with Crippen molar-refractivity contribution in [2.24, 2.45) is 0 Å². The van der Waals surface area contributed by atoms with Gasteiger partial charge in [-0.2, -0.15) is 0 Å². The monoisotopic (exact) mass is 134 g/mol. The molecule has 0 spiro atoms. The molecule has 2 heteroatoms. The molecular weight excluding hydrogens is 126 g/mol. The molecule has 1 aliphatic rings. The molecule has 0 amide bonds. The summed E-state index contributed by atoms with van der Waals surface area (Å²) < 4.78 is 0. The fourth-order valence-corrected chi connectivity index (χ4v) is 0.954. The van der Waals surface area contributed by atoms with Crippen molar-refractivity contribution in [1.82, 2.24) is 4.98 Å². The first-order valence-electron chi connectivity index (χ1n) is 3.36. The van der Waals surface area contributed by atoms with Crippen LogP contribution >= 0.6 is 0 Å². The lowest BCUT2D eigenvalue weighted by atomic mass is 10.2. The van der Waals surface area contributed by atoms with Gasteiger partial charge in [-0.05, 0) is 31.0 Å². The molecule has 2 rings (SSSR count). The normalized spacial score (nSPS) is 20.5. The minimum Gasteiger partial charge on any atom is -0.384 e. The van der Waals surface area contributed by atoms with Crippen molar-refractivity contribution in [3.8, 4) is 0 Å². The van der Waals surface area contributed by atoms with E-state index in [1.54, 1.807) is 18.3 Å². The zero-order valence-electron chi connectivity index (χ0n) is 5.54. The Morgan fingerprint density at radius 1 is 1.60 bits per heavy atom. The first-order chi connectivity index (χ1) is 4.81. The summed E-state index contributed by atoms with van der Waals surface area (Å²) in [6.45, 7) is 0. The van der Waals surface area contributed by atoms with Gasteiger partial charge in [0.2, 0.25) is 0 Å². The van der Waals surface area contributed by atoms with Gasteiger partial charge >= 0.3 is 0 Å². The van der Waals surface area contributed by atoms with Gasteiger partial charge in [-0.1, -0.05) is 0 Å². The van der Waals surface area contributed by atoms with Crippen molar-refractivity contribution >= 4 is 0 Å². The van der Waals surface area contributed by atoms with Crippen molar-refractivity contribution in [3.05, 3.63) is 30.1 Å². The van der Waals surface area contributed by atoms with Crippen LogP contribution in [0.25, 0.3) is 0 Å². The second-order valence-electron chi connectivity index (χ2n) is 2.67. The smallest absolute Gasteiger partial charge is 0.107 e. The molecular formula is C8H8NO. The number of nitrogens with zero attached hydrogens (tertiary/aromatic N) is 1. The summed E-state index contributed by atoms with van der Waals surface area (Å²) in [6, 6.07) is 6.36. The van der Waals surface area contributed by atoms with E-state index < -0.39 is 5.60 Å². The molecule has 51 valence electrons. The molecule has 1 saturated carbocycles. The lowest BCUT2D eigenvalue weighted by molar-refractivity contribution is 0.146. The minimum absolute atomic E-state index is 0.599. The Bertz CT molecular complexity index is 228. The highest BCUT2D eigenvalue weighted by Gasteiger charge is 2.43. The number of hydrogen-bond donors (Lipinski definition) is 1. The average Bonchev–Trinajstić information content (AvgIpc) is 2.72. The van der Waals surface area contributed by atoms with E-state index in [1.165, 1.54) is 0 Å². The molecule has 1 aliphatic carbocycles. The van der Waals surface area contributed by atoms with E-state index in [-0.39, 0.29) is 0 Å². The summed E-state index contributed by atoms with van der Waals surface area (Å²) in [5, 5.41) is 9.52. The van der Waals surface area contributed by atoms with E-state index in [2.05, 4.69) is 11.1 Å². The van der Waals surface area contributed by atoms with Crippen LogP contribution < -0.4 is 0 Å². The van der Waals surface area contributed by atoms with Gasteiger partial charge in [0.1, 0.15) is 5.60 Å². The highest BCUT2D eigenvalue weighted by Crippen LogP contribution is 2.43. The maximum absolute atomic E-state index is 9.52. The van der Waals surface area contributed by atoms with Gasteiger partial charge in [0.15, 0.2) is 0 Å². The molecule has 10 heavy (non-hydrogen) atoms. The molecule has 2 nitrogen and oxygen atoms in total. The Morgan fingerprint density at radius 2 is 2.40 bits per heavy atom. The van der Waals surface area contributed by atoms with E-state index >= 15 is 0 Å². The van der Waals surface area contributed by atoms with E-state index in [1.807, 2.05) is 0 Å². The second-order valence-corrected chi connectivity index (χ2v) is 2.67. The third-order valence-corrected chi connectivity index (χ3v) is 1.80. The lowest BCUT2D eigenvalue weighted by Crippen LogP contribution is -2.05. The van der Waals surface area contributed by atoms with E-state index in [4.69, 9.17) is 0 Å². The first kappa shape index (κ1) is 5.86. The van der Waals surface area contributed by atoms with Crippen molar-refractivity contribution in [1.29, 1.82) is 0 Å². The molecule has 1 aromatic heterocycles. The maximum Gasteiger partial charge on any atom is 0.107 e. The van der Waals surface area contributed by atoms with Gasteiger partial charge in [-0.3, -0.25) is 4.98 Å². The van der Waals surface area contributed by atoms with Gasteiger partial charge in [0.05, 0.1) is 5.69 Å². The first-order valence-corrected chi connectivity index (χ1v) is 3.36. The summed E-state index contributed by atoms with van der Waals surface area (Å²) >= 11 is 0. The van der Waals surface area contributed by atoms with Crippen LogP contribution in [0.2, 0.25) is 0 Å². The van der Waals surface area contributed by atoms with Crippen molar-refractivity contribution < 1.29 is 5.11 Å². The topological polar surface area (TPSA) is 33.1 Å². The minimum atomic E-state index is -0.599. The SMILES string of the molecule is OC1(c2c[c]ccn2)CC1. The fourth-order valence-electron chi connectivity index (χ4n) is 0.954. The third kappa shape index (κ3) is 0.809. The average molecular weight is 134 g/mol. The molecule has 0 aromatic carbocycles. The molecule has 0 saturated heterocycles. The molecule has 1 radical (unpaired) electrons. The summed E-state index contributed by atoms with van der Waals surface area (Å²) in [6.07, 6.45) is 3.35. The molecule has 1 aromatic rings. The van der Waals surface area contributed by atoms with Crippen LogP contribution in [0, 0.1) is 6.07 Å². The summed E-state index contributed by atoms with van der Waals surface area (Å²) in [4.78, 5) is 4.03. The quantitative estimate of drug-likeness (QED) is 0.618. The second kappa shape index (κ2) is 1.80. The van der Waals surface area contributed by atoms with Gasteiger partial charge < -0.3 is 5.11 Å². The Labute approximate surface area is 59.5 Å². The van der Waals surface area contributed by atoms with E-state index in [0.29, 0.717) is 0 Å². The third-order valence-electron chi connectivity index (χ3n) is 1.80. The van der Waals surface area contributed by atoms with Crippen LogP contribution in [0.15, 0.2) is 18.3 Å². The molecule has 0 aliphatic heterocycles. The predicted octanol–water partition coefficient (Wildman–Crippen LogP) is 0.863. The zero-order valence-corrected chi connectivity index (χ0v) is 5.54. The number of aromatic nitrogens is 1. The molecule has 1 N–H and O–H groups in total. The van der Waals surface area contributed by atoms with Crippen LogP contribution in [-0.4, -0.2) is 10.1 Å². The van der Waals surface area contributed by atoms with Gasteiger partial charge in [0.25, 0.3) is 0 Å². The van der Waals surface area contributed by atoms with Crippen LogP contribution in [-0.2, 0) is 5.60 Å². The highest BCUT2D eigenvalue weighted by atomic mass is 16.3. The summed E-state index contributed by atoms with van der Waals surface area (Å²) in [7, 11) is 0. The fraction of sp³-hybridized carbons (Fsp3) is 0.375. The van der Waals surface area contributed by atoms with Gasteiger partial charge in [0, 0.05) is 6.20 Å². The van der Waals surface area contributed by atoms with Gasteiger partial charge in [-0.25, -0.2) is 0 Å². The number of rotatable bonds is 1. The lowest BCUT2D eigenvalue weighted by Gasteiger charge is -2.03. The van der Waals surface area contributed by atoms with Crippen LogP contribution in [0.3, 0.4) is 0 Å². The van der Waals surface area contributed by atoms with E-state index in [9.17, 15) is 5.11 Å².